The van der Waals surface area contributed by atoms with Crippen LogP contribution in [0.4, 0.5) is 4.39 Å². The summed E-state index contributed by atoms with van der Waals surface area (Å²) < 4.78 is 20.0. The van der Waals surface area contributed by atoms with Gasteiger partial charge in [-0.3, -0.25) is 4.90 Å². The van der Waals surface area contributed by atoms with E-state index < -0.39 is 11.6 Å². The second kappa shape index (κ2) is 7.16. The lowest BCUT2D eigenvalue weighted by Crippen LogP contribution is -2.37. The number of hydrogen-bond donors (Lipinski definition) is 1. The van der Waals surface area contributed by atoms with Crippen molar-refractivity contribution in [3.63, 3.8) is 0 Å². The number of carboxylic acids is 1. The number of likely N-dealkylation sites (tertiary alicyclic amines) is 1. The molecule has 1 aliphatic heterocycles. The first-order chi connectivity index (χ1) is 11.9. The van der Waals surface area contributed by atoms with Crippen LogP contribution >= 0.6 is 0 Å². The van der Waals surface area contributed by atoms with E-state index in [1.54, 1.807) is 0 Å². The monoisotopic (exact) mass is 347 g/mol. The summed E-state index contributed by atoms with van der Waals surface area (Å²) in [5.74, 6) is -0.0770. The molecule has 0 spiro atoms. The Morgan fingerprint density at radius 1 is 1.48 bits per heavy atom. The third-order valence-electron chi connectivity index (χ3n) is 5.18. The molecule has 2 aliphatic rings. The fourth-order valence-electron chi connectivity index (χ4n) is 3.63. The van der Waals surface area contributed by atoms with Crippen LogP contribution < -0.4 is 4.74 Å². The van der Waals surface area contributed by atoms with Crippen LogP contribution in [0.3, 0.4) is 0 Å². The van der Waals surface area contributed by atoms with Crippen LogP contribution in [0.5, 0.6) is 5.75 Å². The van der Waals surface area contributed by atoms with Crippen molar-refractivity contribution in [3.8, 4) is 5.75 Å². The highest BCUT2D eigenvalue weighted by atomic mass is 19.1. The highest BCUT2D eigenvalue weighted by molar-refractivity contribution is 5.78. The second-order valence-corrected chi connectivity index (χ2v) is 7.26. The van der Waals surface area contributed by atoms with Gasteiger partial charge in [-0.1, -0.05) is 31.6 Å². The van der Waals surface area contributed by atoms with Crippen molar-refractivity contribution in [1.82, 2.24) is 4.90 Å². The molecule has 0 aromatic heterocycles. The largest absolute Gasteiger partial charge is 0.494 e. The van der Waals surface area contributed by atoms with E-state index in [4.69, 9.17) is 9.84 Å². The number of benzene rings is 1. The van der Waals surface area contributed by atoms with Gasteiger partial charge in [-0.2, -0.15) is 0 Å². The van der Waals surface area contributed by atoms with Gasteiger partial charge >= 0.3 is 5.97 Å². The SMILES string of the molecule is CCCOc1ccc2c(c1)C[C@H](C)C(CN1CCC(F)(C(=O)O)C1)=C2. The molecule has 1 aliphatic carbocycles. The van der Waals surface area contributed by atoms with Gasteiger partial charge in [0.1, 0.15) is 5.75 Å². The van der Waals surface area contributed by atoms with E-state index in [0.29, 0.717) is 19.0 Å². The number of fused-ring (bicyclic) bond motifs is 1. The minimum atomic E-state index is -2.10. The maximum atomic E-state index is 14.2. The lowest BCUT2D eigenvalue weighted by molar-refractivity contribution is -0.149. The molecule has 0 saturated carbocycles. The zero-order valence-corrected chi connectivity index (χ0v) is 14.9. The van der Waals surface area contributed by atoms with Crippen LogP contribution in [0.1, 0.15) is 37.8 Å². The van der Waals surface area contributed by atoms with Crippen LogP contribution in [0.15, 0.2) is 23.8 Å². The van der Waals surface area contributed by atoms with Crippen molar-refractivity contribution in [2.45, 2.75) is 38.8 Å². The predicted octanol–water partition coefficient (Wildman–Crippen LogP) is 3.55. The van der Waals surface area contributed by atoms with Crippen LogP contribution in [0.25, 0.3) is 6.08 Å². The van der Waals surface area contributed by atoms with Gasteiger partial charge in [-0.25, -0.2) is 9.18 Å². The van der Waals surface area contributed by atoms with Crippen LogP contribution in [0.2, 0.25) is 0 Å². The number of hydrogen-bond acceptors (Lipinski definition) is 3. The normalized spacial score (nSPS) is 26.2. The quantitative estimate of drug-likeness (QED) is 0.855. The van der Waals surface area contributed by atoms with Crippen molar-refractivity contribution in [1.29, 1.82) is 0 Å². The molecule has 1 saturated heterocycles. The maximum Gasteiger partial charge on any atom is 0.342 e. The lowest BCUT2D eigenvalue weighted by atomic mass is 9.84. The first kappa shape index (κ1) is 17.9. The molecule has 0 bridgehead atoms. The molecule has 1 N–H and O–H groups in total. The zero-order chi connectivity index (χ0) is 18.0. The molecular weight excluding hydrogens is 321 g/mol. The van der Waals surface area contributed by atoms with Crippen molar-refractivity contribution < 1.29 is 19.0 Å². The number of rotatable bonds is 6. The summed E-state index contributed by atoms with van der Waals surface area (Å²) >= 11 is 0. The number of halogens is 1. The molecule has 0 amide bonds. The third kappa shape index (κ3) is 3.87. The Morgan fingerprint density at radius 2 is 2.28 bits per heavy atom. The van der Waals surface area contributed by atoms with Crippen LogP contribution in [0, 0.1) is 5.92 Å². The number of aliphatic carboxylic acids is 1. The minimum Gasteiger partial charge on any atom is -0.494 e. The average molecular weight is 347 g/mol. The Balaban J connectivity index is 1.71. The molecule has 5 heteroatoms. The van der Waals surface area contributed by atoms with Crippen LogP contribution in [-0.2, 0) is 11.2 Å². The maximum absolute atomic E-state index is 14.2. The van der Waals surface area contributed by atoms with E-state index in [2.05, 4.69) is 32.1 Å². The van der Waals surface area contributed by atoms with E-state index in [9.17, 15) is 9.18 Å². The molecule has 1 aromatic carbocycles. The van der Waals surface area contributed by atoms with E-state index >= 15 is 0 Å². The Kier molecular flexibility index (Phi) is 5.13. The number of nitrogens with zero attached hydrogens (tertiary/aromatic N) is 1. The van der Waals surface area contributed by atoms with Crippen molar-refractivity contribution in [3.05, 3.63) is 34.9 Å². The van der Waals surface area contributed by atoms with Gasteiger partial charge in [-0.15, -0.1) is 0 Å². The Labute approximate surface area is 148 Å². The third-order valence-corrected chi connectivity index (χ3v) is 5.18. The Hall–Kier alpha value is -1.88. The van der Waals surface area contributed by atoms with Crippen molar-refractivity contribution in [2.24, 2.45) is 5.92 Å². The van der Waals surface area contributed by atoms with Gasteiger partial charge in [-0.05, 0) is 42.0 Å². The average Bonchev–Trinajstić information content (AvgIpc) is 2.96. The molecule has 1 heterocycles. The summed E-state index contributed by atoms with van der Waals surface area (Å²) in [6.07, 6.45) is 4.16. The van der Waals surface area contributed by atoms with Gasteiger partial charge in [0.25, 0.3) is 0 Å². The lowest BCUT2D eigenvalue weighted by Gasteiger charge is -2.27. The molecule has 4 nitrogen and oxygen atoms in total. The summed E-state index contributed by atoms with van der Waals surface area (Å²) in [6, 6.07) is 6.18. The van der Waals surface area contributed by atoms with Crippen LogP contribution in [-0.4, -0.2) is 47.9 Å². The fraction of sp³-hybridized carbons (Fsp3) is 0.550. The smallest absolute Gasteiger partial charge is 0.342 e. The van der Waals surface area contributed by atoms with E-state index in [0.717, 1.165) is 25.2 Å². The molecule has 25 heavy (non-hydrogen) atoms. The van der Waals surface area contributed by atoms with E-state index in [1.807, 2.05) is 11.0 Å². The summed E-state index contributed by atoms with van der Waals surface area (Å²) in [4.78, 5) is 13.0. The predicted molar refractivity (Wildman–Crippen MR) is 95.6 cm³/mol. The highest BCUT2D eigenvalue weighted by Gasteiger charge is 2.45. The number of ether oxygens (including phenoxy) is 1. The molecule has 2 atom stereocenters. The van der Waals surface area contributed by atoms with Gasteiger partial charge < -0.3 is 9.84 Å². The number of carbonyl (C=O) groups is 1. The summed E-state index contributed by atoms with van der Waals surface area (Å²) in [7, 11) is 0. The van der Waals surface area contributed by atoms with Gasteiger partial charge in [0.05, 0.1) is 6.61 Å². The second-order valence-electron chi connectivity index (χ2n) is 7.26. The van der Waals surface area contributed by atoms with Crippen molar-refractivity contribution >= 4 is 12.0 Å². The first-order valence-electron chi connectivity index (χ1n) is 9.02. The Bertz CT molecular complexity index is 688. The summed E-state index contributed by atoms with van der Waals surface area (Å²) in [5.41, 5.74) is 1.60. The first-order valence-corrected chi connectivity index (χ1v) is 9.02. The topological polar surface area (TPSA) is 49.8 Å². The molecule has 3 rings (SSSR count). The van der Waals surface area contributed by atoms with E-state index in [-0.39, 0.29) is 13.0 Å². The van der Waals surface area contributed by atoms with E-state index in [1.165, 1.54) is 16.7 Å². The summed E-state index contributed by atoms with van der Waals surface area (Å²) in [5, 5.41) is 9.04. The molecule has 1 fully saturated rings. The Morgan fingerprint density at radius 3 is 2.96 bits per heavy atom. The van der Waals surface area contributed by atoms with Gasteiger partial charge in [0, 0.05) is 26.1 Å². The highest BCUT2D eigenvalue weighted by Crippen LogP contribution is 2.33. The van der Waals surface area contributed by atoms with Crippen molar-refractivity contribution in [2.75, 3.05) is 26.2 Å². The molecule has 1 unspecified atom stereocenters. The fourth-order valence-corrected chi connectivity index (χ4v) is 3.63. The molecule has 1 aromatic rings. The minimum absolute atomic E-state index is 0.0248. The molecular formula is C20H26FNO3. The number of carboxylic acid groups (broad SMARTS) is 1. The summed E-state index contributed by atoms with van der Waals surface area (Å²) in [6.45, 7) is 6.08. The standard InChI is InChI=1S/C20H26FNO3/c1-3-8-25-18-5-4-15-10-17(14(2)9-16(15)11-18)12-22-7-6-20(21,13-22)19(23)24/h4-5,10-11,14H,3,6-9,12-13H2,1-2H3,(H,23,24)/t14-,20?/m0/s1. The molecule has 136 valence electrons. The van der Waals surface area contributed by atoms with Gasteiger partial charge in [0.15, 0.2) is 0 Å². The number of alkyl halides is 1. The zero-order valence-electron chi connectivity index (χ0n) is 14.9. The molecule has 0 radical (unpaired) electrons. The van der Waals surface area contributed by atoms with Gasteiger partial charge in [0.2, 0.25) is 5.67 Å².